The van der Waals surface area contributed by atoms with Crippen molar-refractivity contribution in [2.24, 2.45) is 0 Å². The molecule has 0 atom stereocenters. The maximum absolute atomic E-state index is 13.2. The lowest BCUT2D eigenvalue weighted by Crippen LogP contribution is -2.38. The van der Waals surface area contributed by atoms with Crippen molar-refractivity contribution in [2.75, 3.05) is 16.8 Å². The van der Waals surface area contributed by atoms with E-state index < -0.39 is 10.8 Å². The van der Waals surface area contributed by atoms with Crippen molar-refractivity contribution in [2.45, 2.75) is 6.54 Å². The highest BCUT2D eigenvalue weighted by atomic mass is 19.1. The van der Waals surface area contributed by atoms with E-state index in [-0.39, 0.29) is 30.6 Å². The van der Waals surface area contributed by atoms with Crippen molar-refractivity contribution >= 4 is 35.0 Å². The maximum Gasteiger partial charge on any atom is 0.269 e. The molecule has 1 aliphatic rings. The van der Waals surface area contributed by atoms with Crippen molar-refractivity contribution in [3.63, 3.8) is 0 Å². The van der Waals surface area contributed by atoms with Crippen LogP contribution in [0.4, 0.5) is 21.5 Å². The molecule has 0 unspecified atom stereocenters. The van der Waals surface area contributed by atoms with Crippen molar-refractivity contribution in [3.8, 4) is 5.75 Å². The number of non-ortho nitro benzene ring substituents is 1. The van der Waals surface area contributed by atoms with E-state index in [2.05, 4.69) is 5.32 Å². The van der Waals surface area contributed by atoms with Crippen molar-refractivity contribution in [1.82, 2.24) is 0 Å². The molecule has 0 radical (unpaired) electrons. The summed E-state index contributed by atoms with van der Waals surface area (Å²) in [7, 11) is 0. The number of anilines is 2. The van der Waals surface area contributed by atoms with Gasteiger partial charge in [-0.3, -0.25) is 19.7 Å². The molecule has 0 bridgehead atoms. The van der Waals surface area contributed by atoms with Gasteiger partial charge in [-0.15, -0.1) is 0 Å². The number of fused-ring (bicyclic) bond motifs is 1. The van der Waals surface area contributed by atoms with Crippen LogP contribution in [-0.2, 0) is 16.1 Å². The van der Waals surface area contributed by atoms with Gasteiger partial charge < -0.3 is 15.0 Å². The first-order chi connectivity index (χ1) is 15.9. The zero-order valence-electron chi connectivity index (χ0n) is 17.2. The Bertz CT molecular complexity index is 1240. The largest absolute Gasteiger partial charge is 0.482 e. The second-order valence-electron chi connectivity index (χ2n) is 7.25. The van der Waals surface area contributed by atoms with Crippen molar-refractivity contribution < 1.29 is 23.6 Å². The average Bonchev–Trinajstić information content (AvgIpc) is 2.81. The van der Waals surface area contributed by atoms with Gasteiger partial charge in [0.15, 0.2) is 6.61 Å². The number of carbonyl (C=O) groups is 2. The number of halogens is 1. The molecule has 1 heterocycles. The van der Waals surface area contributed by atoms with Crippen LogP contribution in [-0.4, -0.2) is 23.3 Å². The number of nitro groups is 1. The summed E-state index contributed by atoms with van der Waals surface area (Å²) in [4.78, 5) is 36.6. The van der Waals surface area contributed by atoms with Crippen LogP contribution in [0, 0.1) is 15.9 Å². The van der Waals surface area contributed by atoms with Gasteiger partial charge in [0.2, 0.25) is 5.91 Å². The molecule has 1 aliphatic heterocycles. The average molecular weight is 447 g/mol. The van der Waals surface area contributed by atoms with E-state index in [0.717, 1.165) is 5.56 Å². The molecular weight excluding hydrogens is 429 g/mol. The van der Waals surface area contributed by atoms with E-state index in [1.165, 1.54) is 53.5 Å². The molecule has 4 rings (SSSR count). The molecule has 0 aliphatic carbocycles. The fourth-order valence-corrected chi connectivity index (χ4v) is 3.29. The maximum atomic E-state index is 13.2. The van der Waals surface area contributed by atoms with Crippen LogP contribution < -0.4 is 15.0 Å². The molecular formula is C24H18FN3O5. The van der Waals surface area contributed by atoms with Gasteiger partial charge in [-0.25, -0.2) is 4.39 Å². The Kier molecular flexibility index (Phi) is 6.12. The predicted molar refractivity (Wildman–Crippen MR) is 120 cm³/mol. The summed E-state index contributed by atoms with van der Waals surface area (Å²) in [5, 5.41) is 13.4. The van der Waals surface area contributed by atoms with Gasteiger partial charge in [-0.1, -0.05) is 12.1 Å². The van der Waals surface area contributed by atoms with Crippen LogP contribution in [0.3, 0.4) is 0 Å². The second kappa shape index (κ2) is 9.31. The highest BCUT2D eigenvalue weighted by molar-refractivity contribution is 6.03. The zero-order chi connectivity index (χ0) is 23.4. The molecule has 8 nitrogen and oxygen atoms in total. The van der Waals surface area contributed by atoms with Gasteiger partial charge in [-0.2, -0.15) is 0 Å². The normalized spacial score (nSPS) is 12.9. The van der Waals surface area contributed by atoms with Gasteiger partial charge in [0, 0.05) is 23.9 Å². The molecule has 0 saturated heterocycles. The molecule has 0 spiro atoms. The van der Waals surface area contributed by atoms with E-state index in [1.54, 1.807) is 30.3 Å². The number of nitrogens with zero attached hydrogens (tertiary/aromatic N) is 2. The van der Waals surface area contributed by atoms with E-state index in [4.69, 9.17) is 4.74 Å². The minimum Gasteiger partial charge on any atom is -0.482 e. The molecule has 0 fully saturated rings. The second-order valence-corrected chi connectivity index (χ2v) is 7.25. The monoisotopic (exact) mass is 447 g/mol. The molecule has 3 aromatic carbocycles. The first kappa shape index (κ1) is 21.7. The van der Waals surface area contributed by atoms with Crippen LogP contribution in [0.2, 0.25) is 0 Å². The van der Waals surface area contributed by atoms with Crippen LogP contribution in [0.15, 0.2) is 72.8 Å². The molecule has 166 valence electrons. The molecule has 33 heavy (non-hydrogen) atoms. The predicted octanol–water partition coefficient (Wildman–Crippen LogP) is 4.31. The van der Waals surface area contributed by atoms with Crippen molar-refractivity contribution in [1.29, 1.82) is 0 Å². The van der Waals surface area contributed by atoms with E-state index in [9.17, 15) is 24.1 Å². The van der Waals surface area contributed by atoms with Crippen molar-refractivity contribution in [3.05, 3.63) is 99.9 Å². The highest BCUT2D eigenvalue weighted by Crippen LogP contribution is 2.35. The molecule has 0 aromatic heterocycles. The summed E-state index contributed by atoms with van der Waals surface area (Å²) in [5.74, 6) is -0.537. The number of ether oxygens (including phenoxy) is 1. The molecule has 0 saturated carbocycles. The summed E-state index contributed by atoms with van der Waals surface area (Å²) in [5.41, 5.74) is 2.29. The number of benzene rings is 3. The minimum atomic E-state index is -0.496. The highest BCUT2D eigenvalue weighted by Gasteiger charge is 2.26. The summed E-state index contributed by atoms with van der Waals surface area (Å²) < 4.78 is 18.7. The van der Waals surface area contributed by atoms with E-state index in [1.807, 2.05) is 0 Å². The topological polar surface area (TPSA) is 102 Å². The molecule has 2 amide bonds. The van der Waals surface area contributed by atoms with E-state index >= 15 is 0 Å². The van der Waals surface area contributed by atoms with Crippen LogP contribution >= 0.6 is 0 Å². The first-order valence-corrected chi connectivity index (χ1v) is 9.94. The fourth-order valence-electron chi connectivity index (χ4n) is 3.29. The lowest BCUT2D eigenvalue weighted by Gasteiger charge is -2.30. The van der Waals surface area contributed by atoms with E-state index in [0.29, 0.717) is 22.7 Å². The molecule has 9 heteroatoms. The number of nitrogens with one attached hydrogen (secondary N) is 1. The third-order valence-corrected chi connectivity index (χ3v) is 4.95. The summed E-state index contributed by atoms with van der Waals surface area (Å²) >= 11 is 0. The number of nitro benzene ring substituents is 1. The van der Waals surface area contributed by atoms with Gasteiger partial charge in [0.1, 0.15) is 11.6 Å². The minimum absolute atomic E-state index is 0.0346. The SMILES string of the molecule is O=C(/C=C/c1ccc([N+](=O)[O-])cc1)Nc1ccc2c(c1)N(Cc1ccc(F)cc1)C(=O)CO2. The zero-order valence-corrected chi connectivity index (χ0v) is 17.2. The number of hydrogen-bond donors (Lipinski definition) is 1. The fraction of sp³-hybridized carbons (Fsp3) is 0.0833. The van der Waals surface area contributed by atoms with Gasteiger partial charge in [0.25, 0.3) is 11.6 Å². The number of amides is 2. The Morgan fingerprint density at radius 2 is 1.85 bits per heavy atom. The first-order valence-electron chi connectivity index (χ1n) is 9.94. The van der Waals surface area contributed by atoms with Crippen LogP contribution in [0.1, 0.15) is 11.1 Å². The Balaban J connectivity index is 1.48. The quantitative estimate of drug-likeness (QED) is 0.345. The van der Waals surface area contributed by atoms with Gasteiger partial charge in [-0.05, 0) is 59.7 Å². The number of carbonyl (C=O) groups excluding carboxylic acids is 2. The lowest BCUT2D eigenvalue weighted by molar-refractivity contribution is -0.384. The Morgan fingerprint density at radius 1 is 1.12 bits per heavy atom. The molecule has 3 aromatic rings. The third-order valence-electron chi connectivity index (χ3n) is 4.95. The number of rotatable bonds is 6. The third kappa shape index (κ3) is 5.21. The summed E-state index contributed by atoms with van der Waals surface area (Å²) in [6.07, 6.45) is 2.84. The van der Waals surface area contributed by atoms with Crippen LogP contribution in [0.25, 0.3) is 6.08 Å². The Hall–Kier alpha value is -4.53. The summed E-state index contributed by atoms with van der Waals surface area (Å²) in [6.45, 7) is 0.116. The molecule has 1 N–H and O–H groups in total. The standard InChI is InChI=1S/C24H18FN3O5/c25-18-6-1-17(2-7-18)14-27-21-13-19(8-11-22(21)33-15-24(27)30)26-23(29)12-5-16-3-9-20(10-4-16)28(31)32/h1-13H,14-15H2,(H,26,29)/b12-5+. The lowest BCUT2D eigenvalue weighted by atomic mass is 10.1. The Labute approximate surface area is 188 Å². The summed E-state index contributed by atoms with van der Waals surface area (Å²) in [6, 6.07) is 16.6. The van der Waals surface area contributed by atoms with Gasteiger partial charge >= 0.3 is 0 Å². The van der Waals surface area contributed by atoms with Crippen LogP contribution in [0.5, 0.6) is 5.75 Å². The number of hydrogen-bond acceptors (Lipinski definition) is 5. The Morgan fingerprint density at radius 3 is 2.55 bits per heavy atom. The smallest absolute Gasteiger partial charge is 0.269 e. The van der Waals surface area contributed by atoms with Gasteiger partial charge in [0.05, 0.1) is 17.2 Å².